The number of carbonyl (C=O) groups is 2. The molecule has 2 amide bonds. The van der Waals surface area contributed by atoms with Gasteiger partial charge in [-0.2, -0.15) is 0 Å². The van der Waals surface area contributed by atoms with Crippen LogP contribution >= 0.6 is 0 Å². The van der Waals surface area contributed by atoms with Gasteiger partial charge in [0.05, 0.1) is 25.8 Å². The quantitative estimate of drug-likeness (QED) is 0.816. The first-order valence-corrected chi connectivity index (χ1v) is 8.95. The van der Waals surface area contributed by atoms with Gasteiger partial charge in [0.1, 0.15) is 11.5 Å². The molecule has 1 aliphatic rings. The lowest BCUT2D eigenvalue weighted by molar-refractivity contribution is -0.128. The van der Waals surface area contributed by atoms with Gasteiger partial charge in [-0.15, -0.1) is 0 Å². The van der Waals surface area contributed by atoms with Crippen molar-refractivity contribution in [3.63, 3.8) is 0 Å². The molecule has 142 valence electrons. The molecule has 1 unspecified atom stereocenters. The van der Waals surface area contributed by atoms with Crippen molar-refractivity contribution in [2.75, 3.05) is 32.6 Å². The van der Waals surface area contributed by atoms with E-state index >= 15 is 0 Å². The monoisotopic (exact) mass is 368 g/mol. The van der Waals surface area contributed by atoms with Gasteiger partial charge in [0.2, 0.25) is 11.8 Å². The normalized spacial score (nSPS) is 16.3. The number of rotatable bonds is 7. The summed E-state index contributed by atoms with van der Waals surface area (Å²) in [4.78, 5) is 26.7. The molecule has 1 atom stereocenters. The third-order valence-electron chi connectivity index (χ3n) is 4.77. The van der Waals surface area contributed by atoms with E-state index in [1.165, 1.54) is 12.7 Å². The minimum atomic E-state index is -0.361. The predicted octanol–water partition coefficient (Wildman–Crippen LogP) is 2.73. The highest BCUT2D eigenvalue weighted by atomic mass is 16.5. The zero-order chi connectivity index (χ0) is 19.2. The Balaban J connectivity index is 1.59. The van der Waals surface area contributed by atoms with Crippen LogP contribution in [0, 0.1) is 5.92 Å². The minimum Gasteiger partial charge on any atom is -0.497 e. The highest BCUT2D eigenvalue weighted by Crippen LogP contribution is 2.30. The number of amides is 2. The van der Waals surface area contributed by atoms with Gasteiger partial charge < -0.3 is 19.7 Å². The molecule has 0 spiro atoms. The Morgan fingerprint density at radius 2 is 1.93 bits per heavy atom. The van der Waals surface area contributed by atoms with Crippen LogP contribution in [0.4, 0.5) is 5.69 Å². The average molecular weight is 368 g/mol. The number of carbonyl (C=O) groups excluding carboxylic acids is 2. The first-order valence-electron chi connectivity index (χ1n) is 8.95. The van der Waals surface area contributed by atoms with Gasteiger partial charge in [0.25, 0.3) is 0 Å². The fourth-order valence-corrected chi connectivity index (χ4v) is 3.21. The van der Waals surface area contributed by atoms with Crippen molar-refractivity contribution in [1.82, 2.24) is 4.90 Å². The molecule has 6 heteroatoms. The topological polar surface area (TPSA) is 67.9 Å². The van der Waals surface area contributed by atoms with E-state index in [4.69, 9.17) is 9.47 Å². The Morgan fingerprint density at radius 3 is 2.63 bits per heavy atom. The summed E-state index contributed by atoms with van der Waals surface area (Å²) >= 11 is 0. The minimum absolute atomic E-state index is 0.0211. The van der Waals surface area contributed by atoms with E-state index in [2.05, 4.69) is 5.32 Å². The van der Waals surface area contributed by atoms with Crippen LogP contribution in [-0.4, -0.2) is 44.0 Å². The molecule has 27 heavy (non-hydrogen) atoms. The van der Waals surface area contributed by atoms with Crippen molar-refractivity contribution in [1.29, 1.82) is 0 Å². The number of methoxy groups -OCH3 is 2. The van der Waals surface area contributed by atoms with Gasteiger partial charge in [-0.25, -0.2) is 0 Å². The second-order valence-electron chi connectivity index (χ2n) is 6.53. The van der Waals surface area contributed by atoms with Gasteiger partial charge in [-0.1, -0.05) is 30.3 Å². The summed E-state index contributed by atoms with van der Waals surface area (Å²) in [6.07, 6.45) is 1.02. The molecule has 3 rings (SSSR count). The fraction of sp³-hybridized carbons (Fsp3) is 0.333. The smallest absolute Gasteiger partial charge is 0.229 e. The molecular weight excluding hydrogens is 344 g/mol. The molecule has 0 saturated carbocycles. The van der Waals surface area contributed by atoms with Crippen molar-refractivity contribution < 1.29 is 19.1 Å². The summed E-state index contributed by atoms with van der Waals surface area (Å²) in [7, 11) is 3.11. The highest BCUT2D eigenvalue weighted by Gasteiger charge is 2.34. The Hall–Kier alpha value is -3.02. The molecule has 1 saturated heterocycles. The maximum atomic E-state index is 12.6. The number of nitrogens with zero attached hydrogens (tertiary/aromatic N) is 1. The standard InChI is InChI=1S/C21H24N2O4/c1-26-17-8-9-18(19(13-17)27-2)22-21(25)16-12-20(24)23(14-16)11-10-15-6-4-3-5-7-15/h3-9,13,16H,10-12,14H2,1-2H3,(H,22,25). The lowest BCUT2D eigenvalue weighted by Gasteiger charge is -2.17. The Labute approximate surface area is 159 Å². The first-order chi connectivity index (χ1) is 13.1. The molecule has 0 bridgehead atoms. The van der Waals surface area contributed by atoms with Crippen LogP contribution in [0.5, 0.6) is 11.5 Å². The zero-order valence-electron chi connectivity index (χ0n) is 15.6. The average Bonchev–Trinajstić information content (AvgIpc) is 3.08. The number of anilines is 1. The Morgan fingerprint density at radius 1 is 1.15 bits per heavy atom. The Bertz CT molecular complexity index is 807. The summed E-state index contributed by atoms with van der Waals surface area (Å²) < 4.78 is 10.5. The maximum Gasteiger partial charge on any atom is 0.229 e. The van der Waals surface area contributed by atoms with Gasteiger partial charge in [0, 0.05) is 25.6 Å². The van der Waals surface area contributed by atoms with Crippen LogP contribution in [0.2, 0.25) is 0 Å². The third-order valence-corrected chi connectivity index (χ3v) is 4.77. The van der Waals surface area contributed by atoms with Gasteiger partial charge >= 0.3 is 0 Å². The molecular formula is C21H24N2O4. The van der Waals surface area contributed by atoms with Crippen LogP contribution in [0.1, 0.15) is 12.0 Å². The second-order valence-corrected chi connectivity index (χ2v) is 6.53. The SMILES string of the molecule is COc1ccc(NC(=O)C2CC(=O)N(CCc3ccccc3)C2)c(OC)c1. The number of hydrogen-bond acceptors (Lipinski definition) is 4. The number of benzene rings is 2. The lowest BCUT2D eigenvalue weighted by atomic mass is 10.1. The van der Waals surface area contributed by atoms with E-state index in [0.717, 1.165) is 6.42 Å². The Kier molecular flexibility index (Phi) is 5.96. The van der Waals surface area contributed by atoms with Crippen LogP contribution in [0.25, 0.3) is 0 Å². The van der Waals surface area contributed by atoms with Gasteiger partial charge in [-0.05, 0) is 24.1 Å². The van der Waals surface area contributed by atoms with E-state index in [9.17, 15) is 9.59 Å². The second kappa shape index (κ2) is 8.58. The van der Waals surface area contributed by atoms with Crippen molar-refractivity contribution in [2.24, 2.45) is 5.92 Å². The van der Waals surface area contributed by atoms with Gasteiger partial charge in [0.15, 0.2) is 0 Å². The van der Waals surface area contributed by atoms with E-state index in [1.807, 2.05) is 30.3 Å². The fourth-order valence-electron chi connectivity index (χ4n) is 3.21. The van der Waals surface area contributed by atoms with E-state index in [1.54, 1.807) is 30.2 Å². The first kappa shape index (κ1) is 18.8. The lowest BCUT2D eigenvalue weighted by Crippen LogP contribution is -2.30. The summed E-state index contributed by atoms with van der Waals surface area (Å²) in [5, 5.41) is 2.87. The third kappa shape index (κ3) is 4.58. The maximum absolute atomic E-state index is 12.6. The van der Waals surface area contributed by atoms with Crippen LogP contribution in [0.3, 0.4) is 0 Å². The predicted molar refractivity (Wildman–Crippen MR) is 103 cm³/mol. The summed E-state index contributed by atoms with van der Waals surface area (Å²) in [6.45, 7) is 1.06. The summed E-state index contributed by atoms with van der Waals surface area (Å²) in [5.74, 6) is 0.655. The molecule has 1 N–H and O–H groups in total. The summed E-state index contributed by atoms with van der Waals surface area (Å²) in [6, 6.07) is 15.2. The molecule has 1 fully saturated rings. The van der Waals surface area contributed by atoms with Crippen LogP contribution < -0.4 is 14.8 Å². The van der Waals surface area contributed by atoms with Crippen LogP contribution in [0.15, 0.2) is 48.5 Å². The molecule has 1 aliphatic heterocycles. The molecule has 0 aromatic heterocycles. The highest BCUT2D eigenvalue weighted by molar-refractivity contribution is 5.98. The number of hydrogen-bond donors (Lipinski definition) is 1. The molecule has 0 aliphatic carbocycles. The molecule has 6 nitrogen and oxygen atoms in total. The molecule has 2 aromatic carbocycles. The zero-order valence-corrected chi connectivity index (χ0v) is 15.6. The van der Waals surface area contributed by atoms with Gasteiger partial charge in [-0.3, -0.25) is 9.59 Å². The van der Waals surface area contributed by atoms with Crippen molar-refractivity contribution in [2.45, 2.75) is 12.8 Å². The van der Waals surface area contributed by atoms with E-state index < -0.39 is 0 Å². The number of likely N-dealkylation sites (tertiary alicyclic amines) is 1. The molecule has 2 aromatic rings. The van der Waals surface area contributed by atoms with Crippen LogP contribution in [-0.2, 0) is 16.0 Å². The van der Waals surface area contributed by atoms with Crippen molar-refractivity contribution in [3.05, 3.63) is 54.1 Å². The van der Waals surface area contributed by atoms with E-state index in [-0.39, 0.29) is 24.2 Å². The number of ether oxygens (including phenoxy) is 2. The van der Waals surface area contributed by atoms with Crippen molar-refractivity contribution in [3.8, 4) is 11.5 Å². The van der Waals surface area contributed by atoms with Crippen molar-refractivity contribution >= 4 is 17.5 Å². The largest absolute Gasteiger partial charge is 0.497 e. The molecule has 0 radical (unpaired) electrons. The van der Waals surface area contributed by atoms with E-state index in [0.29, 0.717) is 30.3 Å². The summed E-state index contributed by atoms with van der Waals surface area (Å²) in [5.41, 5.74) is 1.75. The number of nitrogens with one attached hydrogen (secondary N) is 1. The molecule has 1 heterocycles.